The molecule has 0 aromatic carbocycles. The summed E-state index contributed by atoms with van der Waals surface area (Å²) in [4.78, 5) is 5.28. The van der Waals surface area contributed by atoms with Crippen molar-refractivity contribution >= 4 is 27.6 Å². The van der Waals surface area contributed by atoms with E-state index in [9.17, 15) is 5.11 Å². The van der Waals surface area contributed by atoms with Gasteiger partial charge in [0.25, 0.3) is 0 Å². The fourth-order valence-electron chi connectivity index (χ4n) is 3.79. The molecule has 3 atom stereocenters. The number of aliphatic hydroxyl groups excluding tert-OH is 1. The molecule has 0 aromatic rings. The van der Waals surface area contributed by atoms with Crippen molar-refractivity contribution in [2.75, 3.05) is 25.4 Å². The highest BCUT2D eigenvalue weighted by Crippen LogP contribution is 2.47. The first-order valence-electron chi connectivity index (χ1n) is 7.50. The average molecular weight is 307 g/mol. The lowest BCUT2D eigenvalue weighted by Crippen LogP contribution is -2.50. The van der Waals surface area contributed by atoms with Crippen LogP contribution in [0.25, 0.3) is 0 Å². The number of aliphatic hydroxyl groups is 1. The number of hydrogen-bond acceptors (Lipinski definition) is 3. The second-order valence-corrected chi connectivity index (χ2v) is 9.00. The molecule has 20 heavy (non-hydrogen) atoms. The van der Waals surface area contributed by atoms with E-state index >= 15 is 0 Å². The van der Waals surface area contributed by atoms with Crippen LogP contribution >= 0.6 is 22.2 Å². The molecule has 1 N–H and O–H groups in total. The number of fused-ring (bicyclic) bond motifs is 3. The summed E-state index contributed by atoms with van der Waals surface area (Å²) in [5, 5.41) is 13.2. The zero-order valence-corrected chi connectivity index (χ0v) is 13.2. The number of nitrogens with zero attached hydrogens (tertiary/aromatic N) is 1. The highest BCUT2D eigenvalue weighted by Gasteiger charge is 2.39. The second-order valence-electron chi connectivity index (χ2n) is 6.00. The number of rotatable bonds is 2. The Kier molecular flexibility index (Phi) is 3.67. The number of thioether (sulfide) groups is 1. The Morgan fingerprint density at radius 3 is 2.80 bits per heavy atom. The van der Waals surface area contributed by atoms with Gasteiger partial charge in [0.15, 0.2) is 0 Å². The maximum absolute atomic E-state index is 11.0. The van der Waals surface area contributed by atoms with Gasteiger partial charge in [-0.2, -0.15) is 0 Å². The van der Waals surface area contributed by atoms with Crippen LogP contribution in [0.2, 0.25) is 0 Å². The Bertz CT molecular complexity index is 527. The summed E-state index contributed by atoms with van der Waals surface area (Å²) in [6, 6.07) is 0. The van der Waals surface area contributed by atoms with Gasteiger partial charge < -0.3 is 10.0 Å². The number of hydrogen-bond donors (Lipinski definition) is 1. The monoisotopic (exact) mass is 307 g/mol. The van der Waals surface area contributed by atoms with Gasteiger partial charge in [-0.1, -0.05) is 18.2 Å². The molecule has 2 bridgehead atoms. The molecular formula is C16H21NOS2. The second kappa shape index (κ2) is 5.48. The molecule has 3 saturated heterocycles. The molecule has 5 heterocycles. The third kappa shape index (κ3) is 2.27. The van der Waals surface area contributed by atoms with Gasteiger partial charge in [-0.25, -0.2) is 0 Å². The molecule has 5 aliphatic rings. The van der Waals surface area contributed by atoms with Crippen LogP contribution in [-0.2, 0) is 0 Å². The molecule has 0 amide bonds. The van der Waals surface area contributed by atoms with Gasteiger partial charge in [0.05, 0.1) is 0 Å². The quantitative estimate of drug-likeness (QED) is 0.794. The Balaban J connectivity index is 1.58. The van der Waals surface area contributed by atoms with Crippen molar-refractivity contribution in [2.45, 2.75) is 18.3 Å². The summed E-state index contributed by atoms with van der Waals surface area (Å²) in [5.41, 5.74) is -0.185. The highest BCUT2D eigenvalue weighted by molar-refractivity contribution is 8.20. The summed E-state index contributed by atoms with van der Waals surface area (Å²) >= 11 is 1.91. The third-order valence-corrected chi connectivity index (χ3v) is 8.25. The molecule has 0 spiro atoms. The summed E-state index contributed by atoms with van der Waals surface area (Å²) in [6.45, 7) is 3.60. The van der Waals surface area contributed by atoms with Crippen molar-refractivity contribution < 1.29 is 5.11 Å². The lowest BCUT2D eigenvalue weighted by molar-refractivity contribution is 0.00789. The van der Waals surface area contributed by atoms with Crippen molar-refractivity contribution in [1.29, 1.82) is 0 Å². The van der Waals surface area contributed by atoms with E-state index in [1.165, 1.54) is 35.7 Å². The Hall–Kier alpha value is -0.290. The zero-order valence-electron chi connectivity index (χ0n) is 11.6. The maximum Gasteiger partial charge on any atom is 0.103 e. The van der Waals surface area contributed by atoms with Crippen LogP contribution in [0.15, 0.2) is 34.1 Å². The van der Waals surface area contributed by atoms with Crippen molar-refractivity contribution in [1.82, 2.24) is 4.90 Å². The highest BCUT2D eigenvalue weighted by atomic mass is 32.2. The molecule has 5 rings (SSSR count). The lowest BCUT2D eigenvalue weighted by atomic mass is 9.79. The summed E-state index contributed by atoms with van der Waals surface area (Å²) in [5.74, 6) is 2.30. The van der Waals surface area contributed by atoms with Gasteiger partial charge >= 0.3 is 0 Å². The Morgan fingerprint density at radius 1 is 1.30 bits per heavy atom. The predicted molar refractivity (Wildman–Crippen MR) is 90.1 cm³/mol. The number of piperidine rings is 3. The van der Waals surface area contributed by atoms with Crippen LogP contribution in [0.4, 0.5) is 0 Å². The molecule has 0 aliphatic carbocycles. The molecule has 2 nitrogen and oxygen atoms in total. The Labute approximate surface area is 127 Å². The van der Waals surface area contributed by atoms with E-state index < -0.39 is 0 Å². The molecule has 1 unspecified atom stereocenters. The van der Waals surface area contributed by atoms with Gasteiger partial charge in [-0.05, 0) is 43.3 Å². The first kappa shape index (κ1) is 13.4. The minimum atomic E-state index is -0.185. The zero-order chi connectivity index (χ0) is 13.5. The molecule has 108 valence electrons. The van der Waals surface area contributed by atoms with Crippen LogP contribution in [-0.4, -0.2) is 46.2 Å². The lowest BCUT2D eigenvalue weighted by Gasteiger charge is -2.47. The average Bonchev–Trinajstić information content (AvgIpc) is 3.18. The van der Waals surface area contributed by atoms with E-state index in [4.69, 9.17) is 0 Å². The van der Waals surface area contributed by atoms with Crippen LogP contribution in [0, 0.1) is 11.8 Å². The van der Waals surface area contributed by atoms with Crippen LogP contribution in [0.5, 0.6) is 0 Å². The van der Waals surface area contributed by atoms with E-state index in [2.05, 4.69) is 34.6 Å². The van der Waals surface area contributed by atoms with E-state index in [0.717, 1.165) is 18.2 Å². The van der Waals surface area contributed by atoms with E-state index in [1.54, 1.807) is 0 Å². The first-order chi connectivity index (χ1) is 9.83. The standard InChI is InChI=1S/C16H21NOS2/c18-16(13-11-17-7-5-12(13)6-8-17)20-10-2-4-15(20)14-3-1-9-19-14/h1-4,10,12-13,16,18H,5-9,11H2/b15-14+/t13-,16+,20?/m1/s1. The van der Waals surface area contributed by atoms with Crippen molar-refractivity contribution in [3.8, 4) is 0 Å². The van der Waals surface area contributed by atoms with Crippen LogP contribution in [0.3, 0.4) is 0 Å². The van der Waals surface area contributed by atoms with E-state index in [1.807, 2.05) is 11.8 Å². The molecule has 3 fully saturated rings. The van der Waals surface area contributed by atoms with Crippen LogP contribution in [0.1, 0.15) is 12.8 Å². The number of allylic oxidation sites excluding steroid dienone is 3. The van der Waals surface area contributed by atoms with Crippen LogP contribution < -0.4 is 0 Å². The normalized spacial score (nSPS) is 44.0. The van der Waals surface area contributed by atoms with Crippen molar-refractivity contribution in [2.24, 2.45) is 11.8 Å². The van der Waals surface area contributed by atoms with E-state index in [-0.39, 0.29) is 15.9 Å². The molecule has 0 aromatic heterocycles. The smallest absolute Gasteiger partial charge is 0.103 e. The molecular weight excluding hydrogens is 286 g/mol. The first-order valence-corrected chi connectivity index (χ1v) is 9.84. The predicted octanol–water partition coefficient (Wildman–Crippen LogP) is 2.80. The van der Waals surface area contributed by atoms with Gasteiger partial charge in [0.2, 0.25) is 0 Å². The summed E-state index contributed by atoms with van der Waals surface area (Å²) < 4.78 is 0. The van der Waals surface area contributed by atoms with Gasteiger partial charge in [0, 0.05) is 28.0 Å². The fourth-order valence-corrected chi connectivity index (χ4v) is 7.07. The molecule has 5 aliphatic heterocycles. The molecule has 4 heteroatoms. The van der Waals surface area contributed by atoms with E-state index in [0.29, 0.717) is 5.92 Å². The maximum atomic E-state index is 11.0. The topological polar surface area (TPSA) is 23.5 Å². The minimum Gasteiger partial charge on any atom is -0.382 e. The molecule has 0 radical (unpaired) electrons. The summed E-state index contributed by atoms with van der Waals surface area (Å²) in [6.07, 6.45) is 11.4. The summed E-state index contributed by atoms with van der Waals surface area (Å²) in [7, 11) is -0.0986. The van der Waals surface area contributed by atoms with Crippen molar-refractivity contribution in [3.05, 3.63) is 34.1 Å². The van der Waals surface area contributed by atoms with Gasteiger partial charge in [0.1, 0.15) is 5.44 Å². The Morgan fingerprint density at radius 2 is 2.15 bits per heavy atom. The third-order valence-electron chi connectivity index (χ3n) is 4.91. The molecule has 0 saturated carbocycles. The minimum absolute atomic E-state index is 0.0986. The van der Waals surface area contributed by atoms with Gasteiger partial charge in [-0.3, -0.25) is 0 Å². The SMILES string of the molecule is O[C@H]([C@@H]1CN2CCC1CC2)S1=CC=C/C1=C1/C=CCS1. The largest absolute Gasteiger partial charge is 0.382 e. The van der Waals surface area contributed by atoms with Gasteiger partial charge in [-0.15, -0.1) is 22.2 Å². The van der Waals surface area contributed by atoms with Crippen molar-refractivity contribution in [3.63, 3.8) is 0 Å². The fraction of sp³-hybridized carbons (Fsp3) is 0.562.